The zero-order valence-corrected chi connectivity index (χ0v) is 9.49. The SMILES string of the molecule is CCC(=O)OC(C)CCCCCC(=O)O. The Labute approximate surface area is 90.6 Å². The van der Waals surface area contributed by atoms with Gasteiger partial charge in [-0.2, -0.15) is 0 Å². The van der Waals surface area contributed by atoms with E-state index in [1.54, 1.807) is 6.92 Å². The molecule has 0 aliphatic rings. The fraction of sp³-hybridized carbons (Fsp3) is 0.818. The Balaban J connectivity index is 3.35. The Bertz CT molecular complexity index is 201. The molecule has 0 aromatic rings. The molecule has 88 valence electrons. The molecule has 1 N–H and O–H groups in total. The number of ether oxygens (including phenoxy) is 1. The first-order valence-corrected chi connectivity index (χ1v) is 5.47. The second-order valence-electron chi connectivity index (χ2n) is 3.65. The van der Waals surface area contributed by atoms with E-state index in [0.29, 0.717) is 12.8 Å². The van der Waals surface area contributed by atoms with E-state index in [1.807, 2.05) is 6.92 Å². The van der Waals surface area contributed by atoms with E-state index in [1.165, 1.54) is 0 Å². The summed E-state index contributed by atoms with van der Waals surface area (Å²) in [5.41, 5.74) is 0. The van der Waals surface area contributed by atoms with Crippen molar-refractivity contribution in [2.45, 2.75) is 58.5 Å². The van der Waals surface area contributed by atoms with Crippen molar-refractivity contribution in [2.75, 3.05) is 0 Å². The number of hydrogen-bond acceptors (Lipinski definition) is 3. The highest BCUT2D eigenvalue weighted by molar-refractivity contribution is 5.69. The van der Waals surface area contributed by atoms with Crippen LogP contribution in [0.2, 0.25) is 0 Å². The summed E-state index contributed by atoms with van der Waals surface area (Å²) in [6.07, 6.45) is 3.87. The molecule has 0 saturated heterocycles. The highest BCUT2D eigenvalue weighted by atomic mass is 16.5. The number of carbonyl (C=O) groups is 2. The van der Waals surface area contributed by atoms with Gasteiger partial charge in [0.05, 0.1) is 6.10 Å². The van der Waals surface area contributed by atoms with E-state index in [0.717, 1.165) is 19.3 Å². The van der Waals surface area contributed by atoms with Gasteiger partial charge in [-0.25, -0.2) is 0 Å². The van der Waals surface area contributed by atoms with E-state index >= 15 is 0 Å². The van der Waals surface area contributed by atoms with E-state index in [-0.39, 0.29) is 18.5 Å². The van der Waals surface area contributed by atoms with Crippen molar-refractivity contribution in [3.8, 4) is 0 Å². The summed E-state index contributed by atoms with van der Waals surface area (Å²) >= 11 is 0. The van der Waals surface area contributed by atoms with E-state index in [4.69, 9.17) is 9.84 Å². The molecular weight excluding hydrogens is 196 g/mol. The number of hydrogen-bond donors (Lipinski definition) is 1. The van der Waals surface area contributed by atoms with Crippen molar-refractivity contribution in [2.24, 2.45) is 0 Å². The molecule has 0 aliphatic heterocycles. The normalized spacial score (nSPS) is 12.1. The molecule has 0 saturated carbocycles. The molecule has 0 radical (unpaired) electrons. The fourth-order valence-electron chi connectivity index (χ4n) is 1.25. The van der Waals surface area contributed by atoms with Gasteiger partial charge in [0.1, 0.15) is 0 Å². The summed E-state index contributed by atoms with van der Waals surface area (Å²) in [5, 5.41) is 8.40. The standard InChI is InChI=1S/C11H20O4/c1-3-11(14)15-9(2)7-5-4-6-8-10(12)13/h9H,3-8H2,1-2H3,(H,12,13). The third-order valence-electron chi connectivity index (χ3n) is 2.12. The molecule has 0 rings (SSSR count). The summed E-state index contributed by atoms with van der Waals surface area (Å²) in [7, 11) is 0. The van der Waals surface area contributed by atoms with Crippen LogP contribution in [0.5, 0.6) is 0 Å². The van der Waals surface area contributed by atoms with Gasteiger partial charge in [-0.05, 0) is 26.2 Å². The van der Waals surface area contributed by atoms with Crippen molar-refractivity contribution >= 4 is 11.9 Å². The Morgan fingerprint density at radius 2 is 1.93 bits per heavy atom. The van der Waals surface area contributed by atoms with Crippen LogP contribution in [0.4, 0.5) is 0 Å². The van der Waals surface area contributed by atoms with Crippen LogP contribution in [-0.2, 0) is 14.3 Å². The van der Waals surface area contributed by atoms with Crippen LogP contribution in [0.3, 0.4) is 0 Å². The van der Waals surface area contributed by atoms with E-state index < -0.39 is 5.97 Å². The maximum atomic E-state index is 10.9. The number of unbranched alkanes of at least 4 members (excludes halogenated alkanes) is 2. The van der Waals surface area contributed by atoms with Gasteiger partial charge in [0.25, 0.3) is 0 Å². The predicted octanol–water partition coefficient (Wildman–Crippen LogP) is 2.36. The minimum absolute atomic E-state index is 0.0534. The van der Waals surface area contributed by atoms with Gasteiger partial charge in [-0.3, -0.25) is 9.59 Å². The Hall–Kier alpha value is -1.06. The van der Waals surface area contributed by atoms with Gasteiger partial charge in [0.15, 0.2) is 0 Å². The smallest absolute Gasteiger partial charge is 0.305 e. The highest BCUT2D eigenvalue weighted by Crippen LogP contribution is 2.08. The summed E-state index contributed by atoms with van der Waals surface area (Å²) in [6, 6.07) is 0. The van der Waals surface area contributed by atoms with Gasteiger partial charge in [0.2, 0.25) is 0 Å². The first-order valence-electron chi connectivity index (χ1n) is 5.47. The zero-order valence-electron chi connectivity index (χ0n) is 9.49. The molecule has 0 spiro atoms. The number of carboxylic acids is 1. The molecule has 4 heteroatoms. The Kier molecular flexibility index (Phi) is 7.68. The van der Waals surface area contributed by atoms with Crippen LogP contribution >= 0.6 is 0 Å². The lowest BCUT2D eigenvalue weighted by molar-refractivity contribution is -0.148. The van der Waals surface area contributed by atoms with Crippen LogP contribution in [0.1, 0.15) is 52.4 Å². The summed E-state index contributed by atoms with van der Waals surface area (Å²) in [6.45, 7) is 3.63. The van der Waals surface area contributed by atoms with Crippen molar-refractivity contribution in [3.05, 3.63) is 0 Å². The summed E-state index contributed by atoms with van der Waals surface area (Å²) in [5.74, 6) is -0.923. The van der Waals surface area contributed by atoms with Crippen molar-refractivity contribution in [3.63, 3.8) is 0 Å². The molecule has 0 fully saturated rings. The van der Waals surface area contributed by atoms with Gasteiger partial charge in [-0.1, -0.05) is 13.3 Å². The molecule has 1 unspecified atom stereocenters. The van der Waals surface area contributed by atoms with Crippen LogP contribution in [0, 0.1) is 0 Å². The molecule has 0 aromatic heterocycles. The molecule has 15 heavy (non-hydrogen) atoms. The maximum absolute atomic E-state index is 10.9. The fourth-order valence-corrected chi connectivity index (χ4v) is 1.25. The molecular formula is C11H20O4. The van der Waals surface area contributed by atoms with Crippen LogP contribution < -0.4 is 0 Å². The highest BCUT2D eigenvalue weighted by Gasteiger charge is 2.06. The summed E-state index contributed by atoms with van der Waals surface area (Å²) < 4.78 is 5.07. The van der Waals surface area contributed by atoms with Crippen molar-refractivity contribution in [1.82, 2.24) is 0 Å². The number of rotatable bonds is 8. The van der Waals surface area contributed by atoms with Crippen molar-refractivity contribution < 1.29 is 19.4 Å². The second-order valence-corrected chi connectivity index (χ2v) is 3.65. The zero-order chi connectivity index (χ0) is 11.7. The van der Waals surface area contributed by atoms with Gasteiger partial charge >= 0.3 is 11.9 Å². The van der Waals surface area contributed by atoms with Crippen LogP contribution in [-0.4, -0.2) is 23.1 Å². The third kappa shape index (κ3) is 9.25. The Morgan fingerprint density at radius 1 is 1.27 bits per heavy atom. The minimum Gasteiger partial charge on any atom is -0.481 e. The maximum Gasteiger partial charge on any atom is 0.305 e. The van der Waals surface area contributed by atoms with Gasteiger partial charge in [0, 0.05) is 12.8 Å². The number of carbonyl (C=O) groups excluding carboxylic acids is 1. The minimum atomic E-state index is -0.750. The second kappa shape index (κ2) is 8.26. The molecule has 0 aliphatic carbocycles. The quantitative estimate of drug-likeness (QED) is 0.499. The van der Waals surface area contributed by atoms with Crippen molar-refractivity contribution in [1.29, 1.82) is 0 Å². The number of carboxylic acid groups (broad SMARTS) is 1. The Morgan fingerprint density at radius 3 is 2.47 bits per heavy atom. The van der Waals surface area contributed by atoms with Gasteiger partial charge in [-0.15, -0.1) is 0 Å². The first-order chi connectivity index (χ1) is 7.06. The average Bonchev–Trinajstić information content (AvgIpc) is 2.16. The number of esters is 1. The third-order valence-corrected chi connectivity index (χ3v) is 2.12. The topological polar surface area (TPSA) is 63.6 Å². The molecule has 0 heterocycles. The molecule has 1 atom stereocenters. The number of aliphatic carboxylic acids is 1. The molecule has 0 amide bonds. The monoisotopic (exact) mass is 216 g/mol. The molecule has 4 nitrogen and oxygen atoms in total. The van der Waals surface area contributed by atoms with Crippen LogP contribution in [0.25, 0.3) is 0 Å². The average molecular weight is 216 g/mol. The summed E-state index contributed by atoms with van der Waals surface area (Å²) in [4.78, 5) is 21.1. The lowest BCUT2D eigenvalue weighted by Gasteiger charge is -2.11. The van der Waals surface area contributed by atoms with E-state index in [2.05, 4.69) is 0 Å². The molecule has 0 aromatic carbocycles. The first kappa shape index (κ1) is 13.9. The lowest BCUT2D eigenvalue weighted by Crippen LogP contribution is -2.13. The molecule has 0 bridgehead atoms. The largest absolute Gasteiger partial charge is 0.481 e. The van der Waals surface area contributed by atoms with E-state index in [9.17, 15) is 9.59 Å². The van der Waals surface area contributed by atoms with Gasteiger partial charge < -0.3 is 9.84 Å². The van der Waals surface area contributed by atoms with Crippen LogP contribution in [0.15, 0.2) is 0 Å². The lowest BCUT2D eigenvalue weighted by atomic mass is 10.1. The predicted molar refractivity (Wildman–Crippen MR) is 56.6 cm³/mol.